The number of benzene rings is 3. The van der Waals surface area contributed by atoms with E-state index >= 15 is 4.79 Å². The zero-order valence-corrected chi connectivity index (χ0v) is 25.8. The molecule has 5 rings (SSSR count). The molecule has 1 aliphatic rings. The van der Waals surface area contributed by atoms with E-state index in [1.165, 1.54) is 0 Å². The van der Waals surface area contributed by atoms with Crippen molar-refractivity contribution in [3.63, 3.8) is 0 Å². The van der Waals surface area contributed by atoms with Gasteiger partial charge < -0.3 is 14.4 Å². The third kappa shape index (κ3) is 8.73. The van der Waals surface area contributed by atoms with Gasteiger partial charge in [-0.25, -0.2) is 4.39 Å². The molecule has 0 saturated heterocycles. The number of nitrogens with zero attached hydrogens (tertiary/aromatic N) is 4. The summed E-state index contributed by atoms with van der Waals surface area (Å²) >= 11 is -0.0106. The number of carbonyl (C=O) groups excluding carboxylic acids is 1. The van der Waals surface area contributed by atoms with Gasteiger partial charge in [0.1, 0.15) is 12.3 Å². The predicted octanol–water partition coefficient (Wildman–Crippen LogP) is 7.47. The van der Waals surface area contributed by atoms with Crippen LogP contribution in [0, 0.1) is 11.7 Å². The Morgan fingerprint density at radius 2 is 1.60 bits per heavy atom. The lowest BCUT2D eigenvalue weighted by atomic mass is 10.0. The summed E-state index contributed by atoms with van der Waals surface area (Å²) in [6.07, 6.45) is -12.6. The number of thioether (sulfide) groups is 1. The van der Waals surface area contributed by atoms with E-state index < -0.39 is 213 Å². The lowest BCUT2D eigenvalue weighted by Gasteiger charge is -2.28. The molecule has 0 N–H and O–H groups in total. The van der Waals surface area contributed by atoms with Gasteiger partial charge in [0.25, 0.3) is 5.56 Å². The summed E-state index contributed by atoms with van der Waals surface area (Å²) in [7, 11) is 0. The van der Waals surface area contributed by atoms with Crippen LogP contribution in [-0.4, -0.2) is 51.2 Å². The molecule has 4 aromatic rings. The average Bonchev–Trinajstić information content (AvgIpc) is 3.35. The van der Waals surface area contributed by atoms with Crippen LogP contribution in [0.1, 0.15) is 85.7 Å². The molecule has 1 amide bonds. The monoisotopic (exact) mass is 707 g/mol. The molecule has 1 unspecified atom stereocenters. The van der Waals surface area contributed by atoms with Crippen molar-refractivity contribution in [2.45, 2.75) is 63.6 Å². The molecule has 0 fully saturated rings. The SMILES string of the molecule is [2H]c1c([2H])c(CSc2nc(=O)c3c(n2C([2H])([2H])C(=O)N(Cc2c([2H])c([2H])c(-c4c([2H])c([2H])c(C(F)(F)F)c([2H])c4[2H])c([2H])c2[2H])C([2H])([2H])C([2H])([2H])N(C([2H])([2H])C)C([2H])([2H])C)C([2H])([2H])C([2H])(C)C3([2H])[2H])c([2H])c([2H])c1F. The van der Waals surface area contributed by atoms with Crippen LogP contribution in [0.15, 0.2) is 82.5 Å². The highest BCUT2D eigenvalue weighted by atomic mass is 32.2. The standard InChI is InChI=1S/C37H40F4N4O2S/c1-4-43(5-2)18-19-44(22-26-6-10-28(11-7-26)29-12-14-30(15-13-29)37(39,40)41)34(46)23-45-33-21-25(3)20-32(33)35(47)42-36(45)48-24-27-8-16-31(38)17-9-27/h6-17,25H,4-5,18-24H2,1-3H3/i4D2,5D2,6D,7D,8D,9D,10D,11D,12D,13D,14D,15D,16D,17D,18D2,19D2,20D2,21D2,23D2,25D. The van der Waals surface area contributed by atoms with Crippen molar-refractivity contribution < 1.29 is 59.4 Å². The Kier molecular flexibility index (Phi) is 4.68. The van der Waals surface area contributed by atoms with Crippen LogP contribution >= 0.6 is 11.8 Å². The van der Waals surface area contributed by atoms with Gasteiger partial charge in [0.15, 0.2) is 5.16 Å². The van der Waals surface area contributed by atoms with E-state index in [1.807, 2.05) is 0 Å². The lowest BCUT2D eigenvalue weighted by molar-refractivity contribution is -0.137. The number of hydrogen-bond acceptors (Lipinski definition) is 5. The van der Waals surface area contributed by atoms with Crippen molar-refractivity contribution in [2.75, 3.05) is 26.0 Å². The number of hydrogen-bond donors (Lipinski definition) is 0. The van der Waals surface area contributed by atoms with Gasteiger partial charge in [0.05, 0.1) is 27.5 Å². The van der Waals surface area contributed by atoms with Gasteiger partial charge in [-0.3, -0.25) is 9.59 Å². The minimum absolute atomic E-state index is 0.0106. The fourth-order valence-electron chi connectivity index (χ4n) is 3.79. The second-order valence-corrected chi connectivity index (χ2v) is 10.3. The van der Waals surface area contributed by atoms with Crippen LogP contribution in [0.5, 0.6) is 0 Å². The van der Waals surface area contributed by atoms with Crippen LogP contribution in [-0.2, 0) is 42.5 Å². The fourth-order valence-corrected chi connectivity index (χ4v) is 4.62. The first-order chi connectivity index (χ1) is 33.5. The Hall–Kier alpha value is -3.96. The lowest BCUT2D eigenvalue weighted by Crippen LogP contribution is -2.40. The largest absolute Gasteiger partial charge is 0.416 e. The normalized spacial score (nSPS) is 27.6. The molecule has 0 spiro atoms. The summed E-state index contributed by atoms with van der Waals surface area (Å²) in [6.45, 7) is -20.2. The van der Waals surface area contributed by atoms with E-state index in [2.05, 4.69) is 4.98 Å². The number of aromatic nitrogens is 2. The number of alkyl halides is 3. The van der Waals surface area contributed by atoms with Crippen LogP contribution in [0.4, 0.5) is 17.6 Å². The zero-order chi connectivity index (χ0) is 58.3. The third-order valence-electron chi connectivity index (χ3n) is 6.02. The van der Waals surface area contributed by atoms with Crippen molar-refractivity contribution in [2.24, 2.45) is 5.89 Å². The van der Waals surface area contributed by atoms with E-state index in [0.29, 0.717) is 20.8 Å². The van der Waals surface area contributed by atoms with Gasteiger partial charge in [-0.2, -0.15) is 18.2 Å². The molecule has 0 bridgehead atoms. The van der Waals surface area contributed by atoms with E-state index in [1.54, 1.807) is 0 Å². The van der Waals surface area contributed by atoms with Crippen molar-refractivity contribution in [3.05, 3.63) is 117 Å². The average molecular weight is 708 g/mol. The molecule has 1 aliphatic carbocycles. The minimum atomic E-state index is -5.50. The minimum Gasteiger partial charge on any atom is -0.336 e. The molecule has 1 aromatic heterocycles. The Balaban J connectivity index is 1.92. The summed E-state index contributed by atoms with van der Waals surface area (Å²) in [5, 5.41) is -1.26. The molecule has 0 aliphatic heterocycles. The van der Waals surface area contributed by atoms with E-state index in [4.69, 9.17) is 31.5 Å². The fraction of sp³-hybridized carbons (Fsp3) is 0.378. The highest BCUT2D eigenvalue weighted by Crippen LogP contribution is 2.32. The Bertz CT molecular complexity index is 3020. The number of halogens is 4. The number of fused-ring (bicyclic) bond motifs is 1. The molecular weight excluding hydrogens is 640 g/mol. The van der Waals surface area contributed by atoms with E-state index in [-0.39, 0.29) is 16.3 Å². The number of rotatable bonds is 13. The van der Waals surface area contributed by atoms with Gasteiger partial charge in [-0.1, -0.05) is 80.9 Å². The zero-order valence-electron chi connectivity index (χ0n) is 51.9. The summed E-state index contributed by atoms with van der Waals surface area (Å²) in [5.74, 6) is -8.37. The maximum absolute atomic E-state index is 15.4. The van der Waals surface area contributed by atoms with Crippen LogP contribution < -0.4 is 5.56 Å². The van der Waals surface area contributed by atoms with Gasteiger partial charge in [0, 0.05) is 51.6 Å². The quantitative estimate of drug-likeness (QED) is 0.0821. The number of amides is 1. The molecule has 1 heterocycles. The van der Waals surface area contributed by atoms with Gasteiger partial charge in [0.2, 0.25) is 5.91 Å². The van der Waals surface area contributed by atoms with Crippen molar-refractivity contribution in [1.29, 1.82) is 0 Å². The summed E-state index contributed by atoms with van der Waals surface area (Å²) < 4.78 is 289. The molecule has 1 atom stereocenters. The Morgan fingerprint density at radius 3 is 2.21 bits per heavy atom. The molecule has 254 valence electrons. The van der Waals surface area contributed by atoms with E-state index in [0.717, 1.165) is 0 Å². The third-order valence-corrected chi connectivity index (χ3v) is 6.99. The summed E-state index contributed by atoms with van der Waals surface area (Å²) in [5.41, 5.74) is -11.2. The maximum atomic E-state index is 15.4. The van der Waals surface area contributed by atoms with Crippen molar-refractivity contribution in [1.82, 2.24) is 19.4 Å². The Labute approximate surface area is 320 Å². The topological polar surface area (TPSA) is 58.4 Å². The van der Waals surface area contributed by atoms with E-state index in [9.17, 15) is 27.8 Å². The smallest absolute Gasteiger partial charge is 0.336 e. The van der Waals surface area contributed by atoms with Gasteiger partial charge in [-0.15, -0.1) is 0 Å². The summed E-state index contributed by atoms with van der Waals surface area (Å²) in [4.78, 5) is 31.8. The summed E-state index contributed by atoms with van der Waals surface area (Å²) in [6, 6.07) is -16.9. The first-order valence-corrected chi connectivity index (χ1v) is 14.4. The maximum Gasteiger partial charge on any atom is 0.416 e. The molecule has 3 aromatic carbocycles. The molecule has 11 heteroatoms. The molecular formula is C37H40F4N4O2S. The second kappa shape index (κ2) is 15.5. The molecule has 0 radical (unpaired) electrons. The number of carbonyl (C=O) groups is 1. The first kappa shape index (κ1) is 14.5. The van der Waals surface area contributed by atoms with Crippen LogP contribution in [0.25, 0.3) is 11.1 Å². The van der Waals surface area contributed by atoms with Crippen molar-refractivity contribution in [3.8, 4) is 11.1 Å². The van der Waals surface area contributed by atoms with Gasteiger partial charge in [-0.05, 0) is 78.1 Å². The number of likely N-dealkylation sites (N-methyl/N-ethyl adjacent to an activating group) is 1. The van der Waals surface area contributed by atoms with Crippen LogP contribution in [0.2, 0.25) is 0 Å². The highest BCUT2D eigenvalue weighted by molar-refractivity contribution is 7.98. The predicted molar refractivity (Wildman–Crippen MR) is 181 cm³/mol. The van der Waals surface area contributed by atoms with Crippen LogP contribution in [0.3, 0.4) is 0 Å². The van der Waals surface area contributed by atoms with Crippen molar-refractivity contribution >= 4 is 17.7 Å². The molecule has 0 saturated carbocycles. The second-order valence-electron chi connectivity index (χ2n) is 9.33. The Morgan fingerprint density at radius 1 is 1.00 bits per heavy atom. The molecule has 48 heavy (non-hydrogen) atoms. The first-order valence-electron chi connectivity index (χ1n) is 26.9. The highest BCUT2D eigenvalue weighted by Gasteiger charge is 2.30. The van der Waals surface area contributed by atoms with Gasteiger partial charge >= 0.3 is 6.18 Å². The molecule has 6 nitrogen and oxygen atoms in total.